The van der Waals surface area contributed by atoms with Crippen molar-refractivity contribution in [2.24, 2.45) is 0 Å². The number of aromatic carboxylic acids is 2. The van der Waals surface area contributed by atoms with Gasteiger partial charge in [-0.1, -0.05) is 11.8 Å². The molecule has 1 fully saturated rings. The molecular formula is C18H17NO5S. The van der Waals surface area contributed by atoms with E-state index in [1.165, 1.54) is 30.0 Å². The summed E-state index contributed by atoms with van der Waals surface area (Å²) in [5.41, 5.74) is 1.25. The summed E-state index contributed by atoms with van der Waals surface area (Å²) < 4.78 is 5.34. The minimum absolute atomic E-state index is 0.0671. The van der Waals surface area contributed by atoms with E-state index in [1.54, 1.807) is 0 Å². The Morgan fingerprint density at radius 1 is 0.960 bits per heavy atom. The number of ether oxygens (including phenoxy) is 1. The molecule has 0 saturated carbocycles. The van der Waals surface area contributed by atoms with Gasteiger partial charge in [0.25, 0.3) is 0 Å². The third-order valence-corrected chi connectivity index (χ3v) is 4.97. The number of benzene rings is 2. The summed E-state index contributed by atoms with van der Waals surface area (Å²) in [4.78, 5) is 26.0. The molecule has 7 heteroatoms. The zero-order valence-corrected chi connectivity index (χ0v) is 14.2. The summed E-state index contributed by atoms with van der Waals surface area (Å²) in [5, 5.41) is 18.4. The second-order valence-electron chi connectivity index (χ2n) is 5.52. The topological polar surface area (TPSA) is 87.1 Å². The zero-order valence-electron chi connectivity index (χ0n) is 13.3. The third-order valence-electron chi connectivity index (χ3n) is 3.90. The Labute approximate surface area is 149 Å². The van der Waals surface area contributed by atoms with E-state index in [9.17, 15) is 14.7 Å². The molecule has 1 heterocycles. The van der Waals surface area contributed by atoms with Crippen LogP contribution in [0.1, 0.15) is 20.7 Å². The van der Waals surface area contributed by atoms with E-state index in [2.05, 4.69) is 4.90 Å². The highest BCUT2D eigenvalue weighted by Gasteiger charge is 2.15. The molecule has 25 heavy (non-hydrogen) atoms. The fraction of sp³-hybridized carbons (Fsp3) is 0.222. The number of nitrogens with zero attached hydrogens (tertiary/aromatic N) is 1. The first kappa shape index (κ1) is 17.3. The minimum Gasteiger partial charge on any atom is -0.478 e. The van der Waals surface area contributed by atoms with Crippen LogP contribution in [-0.4, -0.2) is 48.5 Å². The molecule has 0 bridgehead atoms. The van der Waals surface area contributed by atoms with E-state index in [0.717, 1.165) is 23.7 Å². The molecule has 1 aliphatic heterocycles. The van der Waals surface area contributed by atoms with Gasteiger partial charge in [0.1, 0.15) is 0 Å². The van der Waals surface area contributed by atoms with Crippen molar-refractivity contribution in [3.8, 4) is 0 Å². The number of rotatable bonds is 5. The Morgan fingerprint density at radius 2 is 1.64 bits per heavy atom. The molecule has 2 aromatic rings. The highest BCUT2D eigenvalue weighted by molar-refractivity contribution is 7.99. The highest BCUT2D eigenvalue weighted by atomic mass is 32.2. The van der Waals surface area contributed by atoms with Crippen molar-refractivity contribution in [2.45, 2.75) is 9.79 Å². The maximum absolute atomic E-state index is 11.4. The van der Waals surface area contributed by atoms with Crippen LogP contribution < -0.4 is 4.90 Å². The average molecular weight is 359 g/mol. The van der Waals surface area contributed by atoms with Crippen LogP contribution in [0.15, 0.2) is 52.3 Å². The summed E-state index contributed by atoms with van der Waals surface area (Å²) in [5.74, 6) is -2.16. The molecular weight excluding hydrogens is 342 g/mol. The molecule has 0 spiro atoms. The number of hydrogen-bond donors (Lipinski definition) is 2. The lowest BCUT2D eigenvalue weighted by Crippen LogP contribution is -2.36. The van der Waals surface area contributed by atoms with Crippen LogP contribution in [0.25, 0.3) is 0 Å². The van der Waals surface area contributed by atoms with Gasteiger partial charge >= 0.3 is 11.9 Å². The van der Waals surface area contributed by atoms with Crippen LogP contribution in [0.5, 0.6) is 0 Å². The Balaban J connectivity index is 1.82. The van der Waals surface area contributed by atoms with Crippen LogP contribution in [0, 0.1) is 0 Å². The molecule has 0 amide bonds. The molecule has 3 rings (SSSR count). The van der Waals surface area contributed by atoms with E-state index in [-0.39, 0.29) is 11.1 Å². The van der Waals surface area contributed by atoms with Gasteiger partial charge in [-0.3, -0.25) is 0 Å². The normalized spacial score (nSPS) is 14.3. The molecule has 0 atom stereocenters. The van der Waals surface area contributed by atoms with Crippen molar-refractivity contribution in [3.05, 3.63) is 53.6 Å². The molecule has 0 unspecified atom stereocenters. The van der Waals surface area contributed by atoms with E-state index < -0.39 is 11.9 Å². The van der Waals surface area contributed by atoms with Crippen LogP contribution in [0.3, 0.4) is 0 Å². The molecule has 130 valence electrons. The smallest absolute Gasteiger partial charge is 0.336 e. The Bertz CT molecular complexity index is 785. The predicted molar refractivity (Wildman–Crippen MR) is 94.0 cm³/mol. The van der Waals surface area contributed by atoms with Crippen molar-refractivity contribution in [1.82, 2.24) is 0 Å². The third kappa shape index (κ3) is 4.12. The largest absolute Gasteiger partial charge is 0.478 e. The number of carboxylic acid groups (broad SMARTS) is 2. The number of anilines is 1. The molecule has 6 nitrogen and oxygen atoms in total. The number of carbonyl (C=O) groups is 2. The summed E-state index contributed by atoms with van der Waals surface area (Å²) >= 11 is 1.24. The Kier molecular flexibility index (Phi) is 5.25. The van der Waals surface area contributed by atoms with E-state index in [0.29, 0.717) is 18.1 Å². The summed E-state index contributed by atoms with van der Waals surface area (Å²) in [6, 6.07) is 11.8. The average Bonchev–Trinajstić information content (AvgIpc) is 2.63. The first-order valence-corrected chi connectivity index (χ1v) is 8.57. The second-order valence-corrected chi connectivity index (χ2v) is 6.63. The van der Waals surface area contributed by atoms with E-state index in [4.69, 9.17) is 9.84 Å². The number of carboxylic acids is 2. The van der Waals surface area contributed by atoms with Crippen LogP contribution >= 0.6 is 11.8 Å². The molecule has 1 aliphatic rings. The predicted octanol–water partition coefficient (Wildman–Crippen LogP) is 3.07. The van der Waals surface area contributed by atoms with Gasteiger partial charge in [-0.15, -0.1) is 0 Å². The summed E-state index contributed by atoms with van der Waals surface area (Å²) in [6.45, 7) is 3.10. The second kappa shape index (κ2) is 7.58. The lowest BCUT2D eigenvalue weighted by atomic mass is 10.1. The SMILES string of the molecule is O=C(O)c1ccc(C(=O)O)c(Sc2ccc(N3CCOCC3)cc2)c1. The maximum Gasteiger partial charge on any atom is 0.336 e. The lowest BCUT2D eigenvalue weighted by Gasteiger charge is -2.28. The van der Waals surface area contributed by atoms with Crippen molar-refractivity contribution < 1.29 is 24.5 Å². The molecule has 0 aliphatic carbocycles. The monoisotopic (exact) mass is 359 g/mol. The van der Waals surface area contributed by atoms with Gasteiger partial charge in [-0.2, -0.15) is 0 Å². The minimum atomic E-state index is -1.08. The molecule has 0 radical (unpaired) electrons. The van der Waals surface area contributed by atoms with Gasteiger partial charge in [0.05, 0.1) is 24.3 Å². The fourth-order valence-electron chi connectivity index (χ4n) is 2.59. The first-order valence-electron chi connectivity index (χ1n) is 7.76. The van der Waals surface area contributed by atoms with Crippen LogP contribution in [0.2, 0.25) is 0 Å². The summed E-state index contributed by atoms with van der Waals surface area (Å²) in [7, 11) is 0. The molecule has 1 saturated heterocycles. The van der Waals surface area contributed by atoms with Gasteiger partial charge in [0.2, 0.25) is 0 Å². The van der Waals surface area contributed by atoms with Gasteiger partial charge < -0.3 is 19.8 Å². The van der Waals surface area contributed by atoms with Gasteiger partial charge in [0, 0.05) is 28.6 Å². The first-order chi connectivity index (χ1) is 12.0. The number of morpholine rings is 1. The van der Waals surface area contributed by atoms with Crippen molar-refractivity contribution in [1.29, 1.82) is 0 Å². The zero-order chi connectivity index (χ0) is 17.8. The van der Waals surface area contributed by atoms with Crippen molar-refractivity contribution in [3.63, 3.8) is 0 Å². The maximum atomic E-state index is 11.4. The molecule has 2 aromatic carbocycles. The van der Waals surface area contributed by atoms with Crippen LogP contribution in [-0.2, 0) is 4.74 Å². The van der Waals surface area contributed by atoms with Gasteiger partial charge in [0.15, 0.2) is 0 Å². The highest BCUT2D eigenvalue weighted by Crippen LogP contribution is 2.32. The van der Waals surface area contributed by atoms with Crippen molar-refractivity contribution >= 4 is 29.4 Å². The summed E-state index contributed by atoms with van der Waals surface area (Å²) in [6.07, 6.45) is 0. The lowest BCUT2D eigenvalue weighted by molar-refractivity contribution is 0.0678. The van der Waals surface area contributed by atoms with Gasteiger partial charge in [-0.05, 0) is 42.5 Å². The molecule has 0 aromatic heterocycles. The Morgan fingerprint density at radius 3 is 2.24 bits per heavy atom. The number of hydrogen-bond acceptors (Lipinski definition) is 5. The van der Waals surface area contributed by atoms with E-state index >= 15 is 0 Å². The van der Waals surface area contributed by atoms with Crippen molar-refractivity contribution in [2.75, 3.05) is 31.2 Å². The fourth-order valence-corrected chi connectivity index (χ4v) is 3.57. The van der Waals surface area contributed by atoms with Gasteiger partial charge in [-0.25, -0.2) is 9.59 Å². The quantitative estimate of drug-likeness (QED) is 0.848. The van der Waals surface area contributed by atoms with Crippen LogP contribution in [0.4, 0.5) is 5.69 Å². The standard InChI is InChI=1S/C18H17NO5S/c20-17(21)12-1-6-15(18(22)23)16(11-12)25-14-4-2-13(3-5-14)19-7-9-24-10-8-19/h1-6,11H,7-10H2,(H,20,21)(H,22,23). The van der Waals surface area contributed by atoms with E-state index in [1.807, 2.05) is 24.3 Å². The molecule has 2 N–H and O–H groups in total. The Hall–Kier alpha value is -2.51.